The van der Waals surface area contributed by atoms with Crippen molar-refractivity contribution in [1.29, 1.82) is 0 Å². The fourth-order valence-corrected chi connectivity index (χ4v) is 2.38. The van der Waals surface area contributed by atoms with Crippen LogP contribution in [0.4, 0.5) is 5.69 Å². The normalized spacial score (nSPS) is 16.8. The molecule has 1 aliphatic heterocycles. The minimum atomic E-state index is 0.0195. The van der Waals surface area contributed by atoms with Gasteiger partial charge in [-0.2, -0.15) is 0 Å². The van der Waals surface area contributed by atoms with Gasteiger partial charge in [0.15, 0.2) is 0 Å². The van der Waals surface area contributed by atoms with Crippen molar-refractivity contribution < 1.29 is 4.79 Å². The number of rotatable bonds is 3. The van der Waals surface area contributed by atoms with Crippen molar-refractivity contribution in [2.45, 2.75) is 32.6 Å². The molecule has 18 heavy (non-hydrogen) atoms. The first-order valence-electron chi connectivity index (χ1n) is 6.79. The average Bonchev–Trinajstić information content (AvgIpc) is 2.40. The Bertz CT molecular complexity index is 409. The number of anilines is 1. The summed E-state index contributed by atoms with van der Waals surface area (Å²) in [4.78, 5) is 11.8. The van der Waals surface area contributed by atoms with Crippen LogP contribution in [0.5, 0.6) is 0 Å². The quantitative estimate of drug-likeness (QED) is 0.861. The molecule has 1 aromatic rings. The second-order valence-corrected chi connectivity index (χ2v) is 5.26. The third-order valence-corrected chi connectivity index (χ3v) is 3.52. The fourth-order valence-electron chi connectivity index (χ4n) is 2.38. The Morgan fingerprint density at radius 3 is 2.61 bits per heavy atom. The minimum absolute atomic E-state index is 0.0195. The van der Waals surface area contributed by atoms with Crippen LogP contribution in [-0.4, -0.2) is 19.0 Å². The molecule has 0 spiro atoms. The summed E-state index contributed by atoms with van der Waals surface area (Å²) in [6.45, 7) is 5.97. The summed E-state index contributed by atoms with van der Waals surface area (Å²) in [6.07, 6.45) is 2.29. The topological polar surface area (TPSA) is 41.1 Å². The van der Waals surface area contributed by atoms with E-state index in [0.717, 1.165) is 31.6 Å². The van der Waals surface area contributed by atoms with Gasteiger partial charge in [-0.25, -0.2) is 0 Å². The maximum atomic E-state index is 11.8. The molecular weight excluding hydrogens is 224 g/mol. The van der Waals surface area contributed by atoms with Crippen LogP contribution in [0.15, 0.2) is 24.3 Å². The van der Waals surface area contributed by atoms with Crippen molar-refractivity contribution in [3.63, 3.8) is 0 Å². The SMILES string of the molecule is CC(C)C(=O)Nc1ccccc1C1CCNCC1. The van der Waals surface area contributed by atoms with Crippen LogP contribution in [0.3, 0.4) is 0 Å². The number of hydrogen-bond donors (Lipinski definition) is 2. The molecule has 0 radical (unpaired) electrons. The number of piperidine rings is 1. The number of hydrogen-bond acceptors (Lipinski definition) is 2. The molecule has 1 aromatic carbocycles. The van der Waals surface area contributed by atoms with Crippen LogP contribution in [0.1, 0.15) is 38.2 Å². The van der Waals surface area contributed by atoms with Crippen molar-refractivity contribution >= 4 is 11.6 Å². The van der Waals surface area contributed by atoms with Crippen LogP contribution < -0.4 is 10.6 Å². The molecule has 1 heterocycles. The van der Waals surface area contributed by atoms with Crippen molar-refractivity contribution in [2.75, 3.05) is 18.4 Å². The summed E-state index contributed by atoms with van der Waals surface area (Å²) in [6, 6.07) is 8.20. The van der Waals surface area contributed by atoms with Crippen molar-refractivity contribution in [3.8, 4) is 0 Å². The zero-order chi connectivity index (χ0) is 13.0. The van der Waals surface area contributed by atoms with Crippen molar-refractivity contribution in [2.24, 2.45) is 5.92 Å². The largest absolute Gasteiger partial charge is 0.326 e. The average molecular weight is 246 g/mol. The van der Waals surface area contributed by atoms with Crippen LogP contribution in [0, 0.1) is 5.92 Å². The van der Waals surface area contributed by atoms with Crippen LogP contribution in [-0.2, 0) is 4.79 Å². The molecule has 0 atom stereocenters. The number of nitrogens with one attached hydrogen (secondary N) is 2. The van der Waals surface area contributed by atoms with Gasteiger partial charge in [0, 0.05) is 11.6 Å². The number of amides is 1. The molecule has 3 heteroatoms. The Morgan fingerprint density at radius 1 is 1.28 bits per heavy atom. The van der Waals surface area contributed by atoms with E-state index in [4.69, 9.17) is 0 Å². The van der Waals surface area contributed by atoms with E-state index in [1.165, 1.54) is 5.56 Å². The third-order valence-electron chi connectivity index (χ3n) is 3.52. The lowest BCUT2D eigenvalue weighted by Gasteiger charge is -2.25. The van der Waals surface area contributed by atoms with Gasteiger partial charge in [0.2, 0.25) is 5.91 Å². The van der Waals surface area contributed by atoms with Gasteiger partial charge < -0.3 is 10.6 Å². The highest BCUT2D eigenvalue weighted by atomic mass is 16.1. The predicted octanol–water partition coefficient (Wildman–Crippen LogP) is 2.75. The maximum absolute atomic E-state index is 11.8. The highest BCUT2D eigenvalue weighted by Crippen LogP contribution is 2.31. The molecule has 2 rings (SSSR count). The van der Waals surface area contributed by atoms with Gasteiger partial charge in [0.1, 0.15) is 0 Å². The van der Waals surface area contributed by atoms with Gasteiger partial charge in [-0.3, -0.25) is 4.79 Å². The lowest BCUT2D eigenvalue weighted by atomic mass is 9.89. The third kappa shape index (κ3) is 3.10. The monoisotopic (exact) mass is 246 g/mol. The first kappa shape index (κ1) is 13.1. The molecule has 1 fully saturated rings. The molecule has 0 saturated carbocycles. The van der Waals surface area contributed by atoms with Crippen LogP contribution >= 0.6 is 0 Å². The van der Waals surface area contributed by atoms with Gasteiger partial charge in [-0.05, 0) is 43.5 Å². The van der Waals surface area contributed by atoms with E-state index >= 15 is 0 Å². The molecule has 1 saturated heterocycles. The number of para-hydroxylation sites is 1. The molecule has 1 amide bonds. The molecule has 0 bridgehead atoms. The van der Waals surface area contributed by atoms with E-state index in [9.17, 15) is 4.79 Å². The van der Waals surface area contributed by atoms with Gasteiger partial charge in [0.05, 0.1) is 0 Å². The molecule has 0 aliphatic carbocycles. The van der Waals surface area contributed by atoms with E-state index in [-0.39, 0.29) is 11.8 Å². The Hall–Kier alpha value is -1.35. The van der Waals surface area contributed by atoms with Crippen LogP contribution in [0.25, 0.3) is 0 Å². The molecule has 98 valence electrons. The highest BCUT2D eigenvalue weighted by molar-refractivity contribution is 5.92. The Morgan fingerprint density at radius 2 is 1.94 bits per heavy atom. The zero-order valence-electron chi connectivity index (χ0n) is 11.2. The van der Waals surface area contributed by atoms with E-state index < -0.39 is 0 Å². The first-order valence-corrected chi connectivity index (χ1v) is 6.79. The van der Waals surface area contributed by atoms with Crippen molar-refractivity contribution in [1.82, 2.24) is 5.32 Å². The maximum Gasteiger partial charge on any atom is 0.226 e. The zero-order valence-corrected chi connectivity index (χ0v) is 11.2. The summed E-state index contributed by atoms with van der Waals surface area (Å²) in [5.74, 6) is 0.678. The summed E-state index contributed by atoms with van der Waals surface area (Å²) in [5.41, 5.74) is 2.27. The van der Waals surface area contributed by atoms with E-state index in [2.05, 4.69) is 22.8 Å². The second kappa shape index (κ2) is 6.01. The Balaban J connectivity index is 2.16. The smallest absolute Gasteiger partial charge is 0.226 e. The molecule has 3 nitrogen and oxygen atoms in total. The lowest BCUT2D eigenvalue weighted by Crippen LogP contribution is -2.27. The van der Waals surface area contributed by atoms with E-state index in [1.54, 1.807) is 0 Å². The highest BCUT2D eigenvalue weighted by Gasteiger charge is 2.19. The summed E-state index contributed by atoms with van der Waals surface area (Å²) in [5, 5.41) is 6.42. The number of benzene rings is 1. The second-order valence-electron chi connectivity index (χ2n) is 5.26. The number of carbonyl (C=O) groups excluding carboxylic acids is 1. The summed E-state index contributed by atoms with van der Waals surface area (Å²) < 4.78 is 0. The molecule has 0 unspecified atom stereocenters. The van der Waals surface area contributed by atoms with Gasteiger partial charge >= 0.3 is 0 Å². The fraction of sp³-hybridized carbons (Fsp3) is 0.533. The standard InChI is InChI=1S/C15H22N2O/c1-11(2)15(18)17-14-6-4-3-5-13(14)12-7-9-16-10-8-12/h3-6,11-12,16H,7-10H2,1-2H3,(H,17,18). The summed E-state index contributed by atoms with van der Waals surface area (Å²) in [7, 11) is 0. The minimum Gasteiger partial charge on any atom is -0.326 e. The molecule has 0 aromatic heterocycles. The van der Waals surface area contributed by atoms with Crippen LogP contribution in [0.2, 0.25) is 0 Å². The van der Waals surface area contributed by atoms with Gasteiger partial charge in [-0.15, -0.1) is 0 Å². The predicted molar refractivity (Wildman–Crippen MR) is 74.8 cm³/mol. The lowest BCUT2D eigenvalue weighted by molar-refractivity contribution is -0.118. The Kier molecular flexibility index (Phi) is 4.37. The first-order chi connectivity index (χ1) is 8.68. The number of carbonyl (C=O) groups is 1. The van der Waals surface area contributed by atoms with Gasteiger partial charge in [0.25, 0.3) is 0 Å². The van der Waals surface area contributed by atoms with E-state index in [0.29, 0.717) is 5.92 Å². The Labute approximate surface area is 109 Å². The molecule has 1 aliphatic rings. The summed E-state index contributed by atoms with van der Waals surface area (Å²) >= 11 is 0. The molecule has 2 N–H and O–H groups in total. The van der Waals surface area contributed by atoms with Gasteiger partial charge in [-0.1, -0.05) is 32.0 Å². The molecular formula is C15H22N2O. The van der Waals surface area contributed by atoms with Crippen molar-refractivity contribution in [3.05, 3.63) is 29.8 Å². The van der Waals surface area contributed by atoms with E-state index in [1.807, 2.05) is 26.0 Å².